The van der Waals surface area contributed by atoms with Gasteiger partial charge in [-0.25, -0.2) is 0 Å². The largest absolute Gasteiger partial charge is 0.383 e. The maximum absolute atomic E-state index is 14.3. The molecule has 192 valence electrons. The monoisotopic (exact) mass is 497 g/mol. The molecule has 3 aromatic carbocycles. The van der Waals surface area contributed by atoms with E-state index in [1.165, 1.54) is 16.8 Å². The summed E-state index contributed by atoms with van der Waals surface area (Å²) < 4.78 is 5.36. The van der Waals surface area contributed by atoms with Crippen molar-refractivity contribution in [2.45, 2.75) is 25.8 Å². The van der Waals surface area contributed by atoms with E-state index in [9.17, 15) is 9.59 Å². The van der Waals surface area contributed by atoms with Gasteiger partial charge in [0.1, 0.15) is 0 Å². The number of rotatable bonds is 6. The van der Waals surface area contributed by atoms with Crippen LogP contribution >= 0.6 is 0 Å². The number of para-hydroxylation sites is 1. The molecular weight excluding hydrogens is 462 g/mol. The minimum atomic E-state index is -0.472. The molecule has 2 atom stereocenters. The first-order valence-electron chi connectivity index (χ1n) is 13.0. The molecule has 5 rings (SSSR count). The maximum atomic E-state index is 14.3. The van der Waals surface area contributed by atoms with Gasteiger partial charge >= 0.3 is 0 Å². The molecule has 2 aliphatic heterocycles. The fourth-order valence-corrected chi connectivity index (χ4v) is 5.97. The van der Waals surface area contributed by atoms with Crippen LogP contribution in [0.15, 0.2) is 72.8 Å². The molecule has 0 saturated carbocycles. The Bertz CT molecular complexity index is 1250. The molecule has 0 N–H and O–H groups in total. The van der Waals surface area contributed by atoms with E-state index < -0.39 is 5.92 Å². The second-order valence-electron chi connectivity index (χ2n) is 9.96. The van der Waals surface area contributed by atoms with Crippen molar-refractivity contribution in [3.63, 3.8) is 0 Å². The highest BCUT2D eigenvalue weighted by atomic mass is 16.5. The first-order valence-corrected chi connectivity index (χ1v) is 13.0. The Morgan fingerprint density at radius 2 is 1.51 bits per heavy atom. The van der Waals surface area contributed by atoms with Gasteiger partial charge in [-0.3, -0.25) is 9.59 Å². The van der Waals surface area contributed by atoms with Crippen molar-refractivity contribution in [3.05, 3.63) is 101 Å². The van der Waals surface area contributed by atoms with Crippen LogP contribution in [0.4, 0.5) is 5.69 Å². The van der Waals surface area contributed by atoms with Crippen molar-refractivity contribution in [1.82, 2.24) is 9.80 Å². The molecule has 2 aliphatic rings. The Morgan fingerprint density at radius 1 is 0.865 bits per heavy atom. The summed E-state index contributed by atoms with van der Waals surface area (Å²) in [7, 11) is 1.64. The van der Waals surface area contributed by atoms with Crippen LogP contribution in [0.5, 0.6) is 0 Å². The molecule has 0 bridgehead atoms. The van der Waals surface area contributed by atoms with Crippen molar-refractivity contribution < 1.29 is 14.3 Å². The number of piperazine rings is 1. The Balaban J connectivity index is 1.48. The van der Waals surface area contributed by atoms with Crippen LogP contribution in [0, 0.1) is 13.8 Å². The zero-order valence-corrected chi connectivity index (χ0v) is 21.9. The molecule has 0 radical (unpaired) electrons. The van der Waals surface area contributed by atoms with E-state index in [0.29, 0.717) is 31.8 Å². The maximum Gasteiger partial charge on any atom is 0.254 e. The van der Waals surface area contributed by atoms with Crippen molar-refractivity contribution in [3.8, 4) is 0 Å². The number of methoxy groups -OCH3 is 1. The number of ether oxygens (including phenoxy) is 1. The molecule has 0 aromatic heterocycles. The number of hydrogen-bond donors (Lipinski definition) is 0. The average Bonchev–Trinajstić information content (AvgIpc) is 2.93. The van der Waals surface area contributed by atoms with Crippen molar-refractivity contribution >= 4 is 17.5 Å². The Labute approximate surface area is 219 Å². The molecule has 0 aliphatic carbocycles. The fraction of sp³-hybridized carbons (Fsp3) is 0.355. The summed E-state index contributed by atoms with van der Waals surface area (Å²) in [5.74, 6) is -0.442. The molecule has 2 heterocycles. The highest BCUT2D eigenvalue weighted by molar-refractivity contribution is 6.01. The lowest BCUT2D eigenvalue weighted by Gasteiger charge is -2.45. The molecule has 3 aromatic rings. The molecule has 6 heteroatoms. The van der Waals surface area contributed by atoms with Crippen molar-refractivity contribution in [2.24, 2.45) is 0 Å². The third kappa shape index (κ3) is 4.74. The van der Waals surface area contributed by atoms with Gasteiger partial charge in [-0.05, 0) is 42.2 Å². The summed E-state index contributed by atoms with van der Waals surface area (Å²) in [6.45, 7) is 8.00. The van der Waals surface area contributed by atoms with E-state index >= 15 is 0 Å². The standard InChI is InChI=1S/C31H35N3O3/c1-22-10-9-11-23(2)28(22)32-16-18-33(19-17-32)31(36)27-25-14-7-8-15-26(25)30(35)34(20-21-37-3)29(27)24-12-5-4-6-13-24/h4-15,27,29H,16-21H2,1-3H3. The first kappa shape index (κ1) is 25.0. The zero-order valence-electron chi connectivity index (χ0n) is 21.9. The van der Waals surface area contributed by atoms with Gasteiger partial charge < -0.3 is 19.4 Å². The van der Waals surface area contributed by atoms with Crippen LogP contribution in [0.1, 0.15) is 44.6 Å². The summed E-state index contributed by atoms with van der Waals surface area (Å²) in [5.41, 5.74) is 6.19. The zero-order chi connectivity index (χ0) is 25.9. The van der Waals surface area contributed by atoms with Crippen LogP contribution in [-0.4, -0.2) is 68.1 Å². The van der Waals surface area contributed by atoms with Gasteiger partial charge in [0.2, 0.25) is 5.91 Å². The van der Waals surface area contributed by atoms with Gasteiger partial charge in [0.05, 0.1) is 18.6 Å². The second kappa shape index (κ2) is 10.8. The smallest absolute Gasteiger partial charge is 0.254 e. The summed E-state index contributed by atoms with van der Waals surface area (Å²) in [4.78, 5) is 34.2. The third-order valence-electron chi connectivity index (χ3n) is 7.73. The van der Waals surface area contributed by atoms with Gasteiger partial charge in [0.25, 0.3) is 5.91 Å². The predicted octanol–water partition coefficient (Wildman–Crippen LogP) is 4.58. The highest BCUT2D eigenvalue weighted by Gasteiger charge is 2.45. The molecule has 6 nitrogen and oxygen atoms in total. The number of amides is 2. The van der Waals surface area contributed by atoms with E-state index in [1.54, 1.807) is 7.11 Å². The number of aryl methyl sites for hydroxylation is 2. The molecule has 1 fully saturated rings. The van der Waals surface area contributed by atoms with Crippen LogP contribution in [0.3, 0.4) is 0 Å². The quantitative estimate of drug-likeness (QED) is 0.500. The van der Waals surface area contributed by atoms with Crippen molar-refractivity contribution in [1.29, 1.82) is 0 Å². The molecule has 2 amide bonds. The normalized spacial score (nSPS) is 19.6. The van der Waals surface area contributed by atoms with Gasteiger partial charge in [0.15, 0.2) is 0 Å². The van der Waals surface area contributed by atoms with E-state index in [-0.39, 0.29) is 17.9 Å². The number of fused-ring (bicyclic) bond motifs is 1. The Kier molecular flexibility index (Phi) is 7.28. The number of anilines is 1. The van der Waals surface area contributed by atoms with E-state index in [2.05, 4.69) is 36.9 Å². The van der Waals surface area contributed by atoms with Gasteiger partial charge in [0, 0.05) is 51.1 Å². The lowest BCUT2D eigenvalue weighted by atomic mass is 9.78. The van der Waals surface area contributed by atoms with E-state index in [4.69, 9.17) is 4.74 Å². The van der Waals surface area contributed by atoms with Crippen LogP contribution in [0.25, 0.3) is 0 Å². The highest BCUT2D eigenvalue weighted by Crippen LogP contribution is 2.43. The van der Waals surface area contributed by atoms with Crippen LogP contribution < -0.4 is 4.90 Å². The molecule has 1 saturated heterocycles. The summed E-state index contributed by atoms with van der Waals surface area (Å²) >= 11 is 0. The van der Waals surface area contributed by atoms with E-state index in [0.717, 1.165) is 24.2 Å². The lowest BCUT2D eigenvalue weighted by Crippen LogP contribution is -2.54. The molecule has 2 unspecified atom stereocenters. The minimum Gasteiger partial charge on any atom is -0.383 e. The predicted molar refractivity (Wildman–Crippen MR) is 146 cm³/mol. The summed E-state index contributed by atoms with van der Waals surface area (Å²) in [6.07, 6.45) is 0. The van der Waals surface area contributed by atoms with Gasteiger partial charge in [-0.15, -0.1) is 0 Å². The first-order chi connectivity index (χ1) is 18.0. The third-order valence-corrected chi connectivity index (χ3v) is 7.73. The minimum absolute atomic E-state index is 0.0506. The van der Waals surface area contributed by atoms with Crippen molar-refractivity contribution in [2.75, 3.05) is 51.3 Å². The van der Waals surface area contributed by atoms with Crippen LogP contribution in [0.2, 0.25) is 0 Å². The average molecular weight is 498 g/mol. The Hall–Kier alpha value is -3.64. The summed E-state index contributed by atoms with van der Waals surface area (Å²) in [6, 6.07) is 23.5. The lowest BCUT2D eigenvalue weighted by molar-refractivity contribution is -0.135. The van der Waals surface area contributed by atoms with E-state index in [1.807, 2.05) is 64.4 Å². The number of hydrogen-bond acceptors (Lipinski definition) is 4. The molecule has 37 heavy (non-hydrogen) atoms. The van der Waals surface area contributed by atoms with Gasteiger partial charge in [-0.2, -0.15) is 0 Å². The molecular formula is C31H35N3O3. The number of nitrogens with zero attached hydrogens (tertiary/aromatic N) is 3. The van der Waals surface area contributed by atoms with Gasteiger partial charge in [-0.1, -0.05) is 66.7 Å². The number of benzene rings is 3. The number of carbonyl (C=O) groups excluding carboxylic acids is 2. The SMILES string of the molecule is COCCN1C(=O)c2ccccc2C(C(=O)N2CCN(c3c(C)cccc3C)CC2)C1c1ccccc1. The second-order valence-corrected chi connectivity index (χ2v) is 9.96. The number of carbonyl (C=O) groups is 2. The Morgan fingerprint density at radius 3 is 2.19 bits per heavy atom. The molecule has 0 spiro atoms. The fourth-order valence-electron chi connectivity index (χ4n) is 5.97. The van der Waals surface area contributed by atoms with Crippen LogP contribution in [-0.2, 0) is 9.53 Å². The summed E-state index contributed by atoms with van der Waals surface area (Å²) in [5, 5.41) is 0. The topological polar surface area (TPSA) is 53.1 Å².